The van der Waals surface area contributed by atoms with Gasteiger partial charge in [0.05, 0.1) is 12.8 Å². The van der Waals surface area contributed by atoms with Gasteiger partial charge >= 0.3 is 5.97 Å². The molecular weight excluding hydrogens is 334 g/mol. The number of ether oxygens (including phenoxy) is 1. The average molecular weight is 347 g/mol. The lowest BCUT2D eigenvalue weighted by Crippen LogP contribution is -1.99. The van der Waals surface area contributed by atoms with Crippen LogP contribution in [0, 0.1) is 0 Å². The van der Waals surface area contributed by atoms with Gasteiger partial charge in [-0.25, -0.2) is 9.78 Å². The topological polar surface area (TPSA) is 39.2 Å². The molecule has 0 amide bonds. The molecule has 0 atom stereocenters. The van der Waals surface area contributed by atoms with Gasteiger partial charge in [-0.05, 0) is 23.6 Å². The van der Waals surface area contributed by atoms with E-state index >= 15 is 0 Å². The summed E-state index contributed by atoms with van der Waals surface area (Å²) in [5.74, 6) is 0.512. The van der Waals surface area contributed by atoms with E-state index in [4.69, 9.17) is 4.74 Å². The second kappa shape index (κ2) is 7.09. The van der Waals surface area contributed by atoms with Gasteiger partial charge in [-0.3, -0.25) is 0 Å². The second-order valence-electron chi connectivity index (χ2n) is 4.40. The van der Waals surface area contributed by atoms with Crippen LogP contribution < -0.4 is 0 Å². The number of benzene rings is 1. The highest BCUT2D eigenvalue weighted by Crippen LogP contribution is 2.32. The van der Waals surface area contributed by atoms with E-state index in [-0.39, 0.29) is 5.97 Å². The van der Waals surface area contributed by atoms with Crippen LogP contribution in [0.25, 0.3) is 10.6 Å². The van der Waals surface area contributed by atoms with Crippen molar-refractivity contribution in [1.29, 1.82) is 0 Å². The highest BCUT2D eigenvalue weighted by molar-refractivity contribution is 7.98. The van der Waals surface area contributed by atoms with Crippen LogP contribution in [0.3, 0.4) is 0 Å². The van der Waals surface area contributed by atoms with Crippen molar-refractivity contribution in [1.82, 2.24) is 4.98 Å². The standard InChI is InChI=1S/C16H13NO2S3/c1-19-16(18)14-13(7-8-20-14)15-17-11(10-22-15)9-21-12-5-3-2-4-6-12/h2-8,10H,9H2,1H3. The Morgan fingerprint density at radius 1 is 1.23 bits per heavy atom. The van der Waals surface area contributed by atoms with Crippen molar-refractivity contribution in [2.24, 2.45) is 0 Å². The molecule has 112 valence electrons. The van der Waals surface area contributed by atoms with Crippen LogP contribution in [0.2, 0.25) is 0 Å². The number of carbonyl (C=O) groups excluding carboxylic acids is 1. The van der Waals surface area contributed by atoms with E-state index in [1.54, 1.807) is 23.1 Å². The van der Waals surface area contributed by atoms with Crippen molar-refractivity contribution in [3.63, 3.8) is 0 Å². The van der Waals surface area contributed by atoms with Crippen molar-refractivity contribution < 1.29 is 9.53 Å². The minimum Gasteiger partial charge on any atom is -0.465 e. The summed E-state index contributed by atoms with van der Waals surface area (Å²) in [6.07, 6.45) is 0. The highest BCUT2D eigenvalue weighted by Gasteiger charge is 2.17. The van der Waals surface area contributed by atoms with Crippen molar-refractivity contribution >= 4 is 40.4 Å². The van der Waals surface area contributed by atoms with Gasteiger partial charge in [0, 0.05) is 21.6 Å². The fourth-order valence-corrected chi connectivity index (χ4v) is 4.54. The highest BCUT2D eigenvalue weighted by atomic mass is 32.2. The molecule has 0 bridgehead atoms. The van der Waals surface area contributed by atoms with Crippen molar-refractivity contribution in [2.75, 3.05) is 7.11 Å². The summed E-state index contributed by atoms with van der Waals surface area (Å²) in [7, 11) is 1.40. The molecule has 0 saturated heterocycles. The maximum atomic E-state index is 11.7. The van der Waals surface area contributed by atoms with E-state index in [1.165, 1.54) is 23.3 Å². The first kappa shape index (κ1) is 15.3. The number of thiophene rings is 1. The monoisotopic (exact) mass is 347 g/mol. The van der Waals surface area contributed by atoms with E-state index in [0.29, 0.717) is 4.88 Å². The number of hydrogen-bond acceptors (Lipinski definition) is 6. The van der Waals surface area contributed by atoms with Crippen LogP contribution in [0.4, 0.5) is 0 Å². The van der Waals surface area contributed by atoms with Crippen molar-refractivity contribution in [3.05, 3.63) is 57.7 Å². The number of rotatable bonds is 5. The molecule has 1 aromatic carbocycles. The molecule has 0 N–H and O–H groups in total. The number of methoxy groups -OCH3 is 1. The molecule has 6 heteroatoms. The SMILES string of the molecule is COC(=O)c1sccc1-c1nc(CSc2ccccc2)cs1. The first-order valence-electron chi connectivity index (χ1n) is 6.56. The summed E-state index contributed by atoms with van der Waals surface area (Å²) in [6.45, 7) is 0. The zero-order valence-electron chi connectivity index (χ0n) is 11.8. The molecule has 22 heavy (non-hydrogen) atoms. The zero-order chi connectivity index (χ0) is 15.4. The molecule has 2 heterocycles. The molecule has 0 aliphatic carbocycles. The third-order valence-electron chi connectivity index (χ3n) is 2.95. The van der Waals surface area contributed by atoms with E-state index in [2.05, 4.69) is 17.1 Å². The maximum absolute atomic E-state index is 11.7. The van der Waals surface area contributed by atoms with Crippen LogP contribution in [-0.2, 0) is 10.5 Å². The number of nitrogens with zero attached hydrogens (tertiary/aromatic N) is 1. The van der Waals surface area contributed by atoms with Gasteiger partial charge in [0.15, 0.2) is 0 Å². The molecule has 3 rings (SSSR count). The summed E-state index contributed by atoms with van der Waals surface area (Å²) in [6, 6.07) is 12.2. The lowest BCUT2D eigenvalue weighted by atomic mass is 10.2. The molecule has 0 aliphatic rings. The molecule has 0 unspecified atom stereocenters. The van der Waals surface area contributed by atoms with E-state index in [0.717, 1.165) is 22.0 Å². The van der Waals surface area contributed by atoms with Crippen LogP contribution >= 0.6 is 34.4 Å². The van der Waals surface area contributed by atoms with Crippen molar-refractivity contribution in [2.45, 2.75) is 10.6 Å². The van der Waals surface area contributed by atoms with Gasteiger partial charge in [0.1, 0.15) is 9.88 Å². The summed E-state index contributed by atoms with van der Waals surface area (Å²) in [5, 5.41) is 4.80. The Morgan fingerprint density at radius 3 is 2.82 bits per heavy atom. The van der Waals surface area contributed by atoms with Gasteiger partial charge < -0.3 is 4.74 Å². The molecule has 0 aliphatic heterocycles. The number of thiazole rings is 1. The van der Waals surface area contributed by atoms with Crippen molar-refractivity contribution in [3.8, 4) is 10.6 Å². The van der Waals surface area contributed by atoms with Gasteiger partial charge in [0.25, 0.3) is 0 Å². The van der Waals surface area contributed by atoms with Gasteiger partial charge in [-0.15, -0.1) is 34.4 Å². The number of carbonyl (C=O) groups is 1. The summed E-state index contributed by atoms with van der Waals surface area (Å²) < 4.78 is 4.81. The molecular formula is C16H13NO2S3. The normalized spacial score (nSPS) is 10.6. The Kier molecular flexibility index (Phi) is 4.92. The van der Waals surface area contributed by atoms with Gasteiger partial charge in [-0.2, -0.15) is 0 Å². The van der Waals surface area contributed by atoms with Crippen LogP contribution in [0.5, 0.6) is 0 Å². The average Bonchev–Trinajstić information content (AvgIpc) is 3.22. The Balaban J connectivity index is 1.74. The molecule has 0 fully saturated rings. The lowest BCUT2D eigenvalue weighted by molar-refractivity contribution is 0.0607. The minimum absolute atomic E-state index is 0.305. The quantitative estimate of drug-likeness (QED) is 0.483. The second-order valence-corrected chi connectivity index (χ2v) is 7.22. The molecule has 3 aromatic rings. The van der Waals surface area contributed by atoms with Gasteiger partial charge in [0.2, 0.25) is 0 Å². The largest absolute Gasteiger partial charge is 0.465 e. The zero-order valence-corrected chi connectivity index (χ0v) is 14.3. The molecule has 0 spiro atoms. The predicted octanol–water partition coefficient (Wildman–Crippen LogP) is 4.95. The van der Waals surface area contributed by atoms with Gasteiger partial charge in [-0.1, -0.05) is 18.2 Å². The molecule has 0 radical (unpaired) electrons. The fraction of sp³-hybridized carbons (Fsp3) is 0.125. The predicted molar refractivity (Wildman–Crippen MR) is 92.8 cm³/mol. The number of esters is 1. The first-order chi connectivity index (χ1) is 10.8. The van der Waals surface area contributed by atoms with Crippen LogP contribution in [0.1, 0.15) is 15.4 Å². The Hall–Kier alpha value is -1.63. The fourth-order valence-electron chi connectivity index (χ4n) is 1.90. The maximum Gasteiger partial charge on any atom is 0.348 e. The van der Waals surface area contributed by atoms with Crippen LogP contribution in [-0.4, -0.2) is 18.1 Å². The van der Waals surface area contributed by atoms with Crippen LogP contribution in [0.15, 0.2) is 52.1 Å². The third kappa shape index (κ3) is 3.40. The Morgan fingerprint density at radius 2 is 2.05 bits per heavy atom. The summed E-state index contributed by atoms with van der Waals surface area (Å²) in [4.78, 5) is 18.2. The van der Waals surface area contributed by atoms with E-state index in [1.807, 2.05) is 35.0 Å². The Labute approximate surface area is 141 Å². The number of hydrogen-bond donors (Lipinski definition) is 0. The Bertz CT molecular complexity index is 765. The smallest absolute Gasteiger partial charge is 0.348 e. The summed E-state index contributed by atoms with van der Waals surface area (Å²) >= 11 is 4.70. The minimum atomic E-state index is -0.305. The lowest BCUT2D eigenvalue weighted by Gasteiger charge is -1.99. The molecule has 3 nitrogen and oxygen atoms in total. The first-order valence-corrected chi connectivity index (χ1v) is 9.31. The molecule has 2 aromatic heterocycles. The number of thioether (sulfide) groups is 1. The third-order valence-corrected chi connectivity index (χ3v) is 5.81. The van der Waals surface area contributed by atoms with E-state index in [9.17, 15) is 4.79 Å². The number of aromatic nitrogens is 1. The summed E-state index contributed by atoms with van der Waals surface area (Å²) in [5.41, 5.74) is 1.88. The van der Waals surface area contributed by atoms with E-state index < -0.39 is 0 Å². The molecule has 0 saturated carbocycles.